The fourth-order valence-corrected chi connectivity index (χ4v) is 4.02. The van der Waals surface area contributed by atoms with Gasteiger partial charge < -0.3 is 4.57 Å². The molecule has 4 aromatic carbocycles. The Balaban J connectivity index is 1.68. The van der Waals surface area contributed by atoms with Crippen LogP contribution in [0, 0.1) is 0 Å². The molecule has 0 aliphatic heterocycles. The molecule has 5 rings (SSSR count). The Labute approximate surface area is 167 Å². The smallest absolute Gasteiger partial charge is 0.336 e. The summed E-state index contributed by atoms with van der Waals surface area (Å²) in [6.45, 7) is 0.788. The van der Waals surface area contributed by atoms with Crippen LogP contribution in [-0.4, -0.2) is 10.4 Å². The molecule has 0 unspecified atom stereocenters. The van der Waals surface area contributed by atoms with E-state index < -0.39 is 0 Å². The topological polar surface area (TPSA) is 81.3 Å². The first kappa shape index (κ1) is 17.1. The molecule has 0 radical (unpaired) electrons. The molecule has 0 amide bonds. The fraction of sp³-hybridized carbons (Fsp3) is 0.0417. The predicted octanol–water partition coefficient (Wildman–Crippen LogP) is 3.83. The van der Waals surface area contributed by atoms with Gasteiger partial charge in [-0.15, -0.1) is 0 Å². The highest BCUT2D eigenvalue weighted by molar-refractivity contribution is 6.10. The summed E-state index contributed by atoms with van der Waals surface area (Å²) in [6, 6.07) is 29.6. The van der Waals surface area contributed by atoms with Crippen LogP contribution in [0.2, 0.25) is 0 Å². The number of nitrogens with two attached hydrogens (primary N) is 2. The van der Waals surface area contributed by atoms with E-state index in [9.17, 15) is 0 Å². The molecule has 5 aromatic rings. The molecule has 0 spiro atoms. The van der Waals surface area contributed by atoms with Gasteiger partial charge in [-0.05, 0) is 46.7 Å². The van der Waals surface area contributed by atoms with Crippen LogP contribution >= 0.6 is 0 Å². The summed E-state index contributed by atoms with van der Waals surface area (Å²) < 4.78 is 2.35. The number of nitrogens with zero attached hydrogens (tertiary/aromatic N) is 3. The lowest BCUT2D eigenvalue weighted by Gasteiger charge is -2.09. The highest BCUT2D eigenvalue weighted by Gasteiger charge is 2.15. The molecule has 5 nitrogen and oxygen atoms in total. The second-order valence-electron chi connectivity index (χ2n) is 7.12. The molecule has 0 atom stereocenters. The molecule has 0 bridgehead atoms. The third-order valence-corrected chi connectivity index (χ3v) is 5.39. The molecule has 29 heavy (non-hydrogen) atoms. The van der Waals surface area contributed by atoms with Gasteiger partial charge in [0.15, 0.2) is 0 Å². The van der Waals surface area contributed by atoms with Gasteiger partial charge in [0.05, 0.1) is 10.7 Å². The van der Waals surface area contributed by atoms with Gasteiger partial charge >= 0.3 is 5.84 Å². The molecule has 0 fully saturated rings. The van der Waals surface area contributed by atoms with Crippen molar-refractivity contribution in [2.75, 3.05) is 0 Å². The number of hydrogen-bond acceptors (Lipinski definition) is 1. The Morgan fingerprint density at radius 3 is 2.41 bits per heavy atom. The first-order valence-corrected chi connectivity index (χ1v) is 9.47. The summed E-state index contributed by atoms with van der Waals surface area (Å²) in [5, 5.41) is 17.9. The predicted molar refractivity (Wildman–Crippen MR) is 118 cm³/mol. The summed E-state index contributed by atoms with van der Waals surface area (Å²) in [6.07, 6.45) is 0. The standard InChI is InChI=1S/C24H19N5/c25-24(27-28-26)19-11-12-23-21(14-19)20-7-3-4-8-22(20)29(23)15-16-9-10-17-5-1-2-6-18(17)13-16/h1-14H,15H2,(H3,25,26,27)/p+1. The summed E-state index contributed by atoms with van der Waals surface area (Å²) >= 11 is 0. The highest BCUT2D eigenvalue weighted by Crippen LogP contribution is 2.31. The van der Waals surface area contributed by atoms with Gasteiger partial charge in [0.1, 0.15) is 0 Å². The van der Waals surface area contributed by atoms with Crippen molar-refractivity contribution in [1.29, 1.82) is 0 Å². The summed E-state index contributed by atoms with van der Waals surface area (Å²) in [7, 11) is 0. The first-order chi connectivity index (χ1) is 14.2. The summed E-state index contributed by atoms with van der Waals surface area (Å²) in [4.78, 5) is 0. The third-order valence-electron chi connectivity index (χ3n) is 5.39. The maximum Gasteiger partial charge on any atom is 0.350 e. The van der Waals surface area contributed by atoms with Gasteiger partial charge in [-0.1, -0.05) is 54.6 Å². The SMILES string of the molecule is NN=NC(=[NH2+])c1ccc2c(c1)c1ccccc1n2Cc1ccc2ccccc2c1. The average molecular weight is 378 g/mol. The van der Waals surface area contributed by atoms with Crippen LogP contribution in [0.4, 0.5) is 0 Å². The molecular formula is C24H20N5+. The number of para-hydroxylation sites is 1. The minimum Gasteiger partial charge on any atom is -0.336 e. The lowest BCUT2D eigenvalue weighted by molar-refractivity contribution is -0.114. The summed E-state index contributed by atoms with van der Waals surface area (Å²) in [5.74, 6) is 5.46. The van der Waals surface area contributed by atoms with E-state index in [0.717, 1.165) is 23.0 Å². The number of amidine groups is 1. The maximum atomic E-state index is 5.99. The van der Waals surface area contributed by atoms with Crippen molar-refractivity contribution in [1.82, 2.24) is 4.57 Å². The zero-order valence-electron chi connectivity index (χ0n) is 15.8. The van der Waals surface area contributed by atoms with Gasteiger partial charge in [0.2, 0.25) is 0 Å². The van der Waals surface area contributed by atoms with Gasteiger partial charge in [-0.25, -0.2) is 0 Å². The number of aromatic nitrogens is 1. The van der Waals surface area contributed by atoms with E-state index in [2.05, 4.69) is 93.8 Å². The molecule has 1 heterocycles. The van der Waals surface area contributed by atoms with E-state index in [1.807, 2.05) is 6.07 Å². The second kappa shape index (κ2) is 6.87. The Hall–Kier alpha value is -3.99. The molecule has 0 saturated carbocycles. The first-order valence-electron chi connectivity index (χ1n) is 9.47. The molecule has 1 aromatic heterocycles. The van der Waals surface area contributed by atoms with E-state index in [0.29, 0.717) is 5.84 Å². The maximum absolute atomic E-state index is 5.99. The second-order valence-corrected chi connectivity index (χ2v) is 7.12. The zero-order valence-corrected chi connectivity index (χ0v) is 15.8. The number of rotatable bonds is 3. The largest absolute Gasteiger partial charge is 0.350 e. The van der Waals surface area contributed by atoms with Crippen molar-refractivity contribution in [3.63, 3.8) is 0 Å². The highest BCUT2D eigenvalue weighted by atomic mass is 15.3. The quantitative estimate of drug-likeness (QED) is 0.162. The Morgan fingerprint density at radius 1 is 0.793 bits per heavy atom. The van der Waals surface area contributed by atoms with Crippen LogP contribution in [0.5, 0.6) is 0 Å². The van der Waals surface area contributed by atoms with Gasteiger partial charge in [0, 0.05) is 33.6 Å². The van der Waals surface area contributed by atoms with Crippen LogP contribution in [0.3, 0.4) is 0 Å². The number of fused-ring (bicyclic) bond motifs is 4. The van der Waals surface area contributed by atoms with E-state index >= 15 is 0 Å². The molecule has 5 heteroatoms. The Kier molecular flexibility index (Phi) is 4.06. The van der Waals surface area contributed by atoms with Crippen molar-refractivity contribution in [2.24, 2.45) is 16.2 Å². The third kappa shape index (κ3) is 2.93. The van der Waals surface area contributed by atoms with Gasteiger partial charge in [-0.3, -0.25) is 11.3 Å². The van der Waals surface area contributed by atoms with Crippen LogP contribution in [0.1, 0.15) is 11.1 Å². The van der Waals surface area contributed by atoms with Crippen LogP contribution in [-0.2, 0) is 6.54 Å². The normalized spacial score (nSPS) is 11.7. The van der Waals surface area contributed by atoms with Crippen LogP contribution in [0.25, 0.3) is 32.6 Å². The van der Waals surface area contributed by atoms with Crippen molar-refractivity contribution in [3.05, 3.63) is 96.1 Å². The molecule has 4 N–H and O–H groups in total. The molecular weight excluding hydrogens is 358 g/mol. The lowest BCUT2D eigenvalue weighted by atomic mass is 10.1. The molecule has 0 aliphatic carbocycles. The van der Waals surface area contributed by atoms with Crippen molar-refractivity contribution < 1.29 is 5.41 Å². The zero-order chi connectivity index (χ0) is 19.8. The van der Waals surface area contributed by atoms with E-state index in [1.54, 1.807) is 0 Å². The fourth-order valence-electron chi connectivity index (χ4n) is 4.02. The van der Waals surface area contributed by atoms with E-state index in [-0.39, 0.29) is 0 Å². The van der Waals surface area contributed by atoms with E-state index in [4.69, 9.17) is 11.3 Å². The monoisotopic (exact) mass is 378 g/mol. The van der Waals surface area contributed by atoms with Crippen molar-refractivity contribution in [2.45, 2.75) is 6.54 Å². The Morgan fingerprint density at radius 2 is 1.55 bits per heavy atom. The Bertz CT molecular complexity index is 1410. The molecule has 140 valence electrons. The minimum atomic E-state index is 0.306. The van der Waals surface area contributed by atoms with Crippen LogP contribution in [0.15, 0.2) is 95.3 Å². The van der Waals surface area contributed by atoms with Gasteiger partial charge in [-0.2, -0.15) is 0 Å². The molecule has 0 aliphatic rings. The minimum absolute atomic E-state index is 0.306. The lowest BCUT2D eigenvalue weighted by Crippen LogP contribution is -2.38. The van der Waals surface area contributed by atoms with Crippen LogP contribution < -0.4 is 11.3 Å². The molecule has 0 saturated heterocycles. The van der Waals surface area contributed by atoms with Crippen molar-refractivity contribution in [3.8, 4) is 0 Å². The number of hydrogen-bond donors (Lipinski definition) is 2. The van der Waals surface area contributed by atoms with Crippen molar-refractivity contribution >= 4 is 38.4 Å². The van der Waals surface area contributed by atoms with Gasteiger partial charge in [0.25, 0.3) is 0 Å². The van der Waals surface area contributed by atoms with E-state index in [1.165, 1.54) is 27.2 Å². The number of benzene rings is 4. The summed E-state index contributed by atoms with van der Waals surface area (Å²) in [5.41, 5.74) is 4.41. The average Bonchev–Trinajstić information content (AvgIpc) is 3.07.